The van der Waals surface area contributed by atoms with E-state index in [1.165, 1.54) is 0 Å². The summed E-state index contributed by atoms with van der Waals surface area (Å²) in [5.74, 6) is 0.909. The topological polar surface area (TPSA) is 87.6 Å². The summed E-state index contributed by atoms with van der Waals surface area (Å²) < 4.78 is 1.75. The Morgan fingerprint density at radius 1 is 1.07 bits per heavy atom. The minimum Gasteiger partial charge on any atom is -0.356 e. The zero-order valence-electron chi connectivity index (χ0n) is 16.0. The highest BCUT2D eigenvalue weighted by Crippen LogP contribution is 2.27. The number of anilines is 2. The Bertz CT molecular complexity index is 1230. The van der Waals surface area contributed by atoms with Gasteiger partial charge in [-0.15, -0.1) is 5.10 Å². The van der Waals surface area contributed by atoms with Crippen LogP contribution in [-0.2, 0) is 0 Å². The standard InChI is InChI=1S/C22H18N6O/c1-15(2)27-29-20-12-11-16(13-17(20)14-23)19-9-6-10-21-25-22(26-28(19)21)24-18-7-4-3-5-8-18/h3-13H,1-2H3,(H,24,26). The molecule has 0 saturated carbocycles. The number of nitriles is 1. The molecule has 7 heteroatoms. The summed E-state index contributed by atoms with van der Waals surface area (Å²) in [7, 11) is 0. The highest BCUT2D eigenvalue weighted by Gasteiger charge is 2.12. The molecule has 0 saturated heterocycles. The average molecular weight is 382 g/mol. The number of oxime groups is 1. The maximum Gasteiger partial charge on any atom is 0.247 e. The molecule has 0 aliphatic rings. The van der Waals surface area contributed by atoms with Crippen molar-refractivity contribution in [1.82, 2.24) is 14.6 Å². The van der Waals surface area contributed by atoms with Gasteiger partial charge >= 0.3 is 0 Å². The first-order valence-electron chi connectivity index (χ1n) is 9.04. The number of rotatable bonds is 5. The van der Waals surface area contributed by atoms with Gasteiger partial charge in [0.15, 0.2) is 11.4 Å². The van der Waals surface area contributed by atoms with Crippen molar-refractivity contribution in [3.8, 4) is 23.1 Å². The fraction of sp³-hybridized carbons (Fsp3) is 0.0909. The SMILES string of the molecule is CC(C)=NOc1ccc(-c2cccc3nc(Nc4ccccc4)nn23)cc1C#N. The number of hydrogen-bond acceptors (Lipinski definition) is 6. The number of hydrogen-bond donors (Lipinski definition) is 1. The second kappa shape index (κ2) is 7.82. The van der Waals surface area contributed by atoms with Crippen molar-refractivity contribution in [2.24, 2.45) is 5.16 Å². The van der Waals surface area contributed by atoms with E-state index in [4.69, 9.17) is 4.84 Å². The minimum atomic E-state index is 0.396. The number of nitrogens with zero attached hydrogens (tertiary/aromatic N) is 5. The van der Waals surface area contributed by atoms with E-state index in [1.54, 1.807) is 16.6 Å². The first-order chi connectivity index (χ1) is 14.1. The fourth-order valence-electron chi connectivity index (χ4n) is 2.82. The molecule has 4 aromatic rings. The van der Waals surface area contributed by atoms with Crippen LogP contribution in [0.25, 0.3) is 16.9 Å². The van der Waals surface area contributed by atoms with E-state index < -0.39 is 0 Å². The number of benzene rings is 2. The van der Waals surface area contributed by atoms with E-state index in [0.717, 1.165) is 22.7 Å². The van der Waals surface area contributed by atoms with Crippen molar-refractivity contribution in [2.45, 2.75) is 13.8 Å². The number of aromatic nitrogens is 3. The lowest BCUT2D eigenvalue weighted by molar-refractivity contribution is 0.340. The summed E-state index contributed by atoms with van der Waals surface area (Å²) in [6.07, 6.45) is 0. The van der Waals surface area contributed by atoms with Gasteiger partial charge in [-0.2, -0.15) is 10.2 Å². The summed E-state index contributed by atoms with van der Waals surface area (Å²) in [6.45, 7) is 3.65. The zero-order valence-corrected chi connectivity index (χ0v) is 16.0. The first-order valence-corrected chi connectivity index (χ1v) is 9.04. The van der Waals surface area contributed by atoms with Gasteiger partial charge in [-0.3, -0.25) is 0 Å². The monoisotopic (exact) mass is 382 g/mol. The predicted octanol–water partition coefficient (Wildman–Crippen LogP) is 4.79. The molecule has 0 unspecified atom stereocenters. The molecule has 0 spiro atoms. The maximum absolute atomic E-state index is 9.51. The van der Waals surface area contributed by atoms with Gasteiger partial charge in [0, 0.05) is 11.3 Å². The van der Waals surface area contributed by atoms with Gasteiger partial charge in [0.25, 0.3) is 0 Å². The molecular weight excluding hydrogens is 364 g/mol. The second-order valence-electron chi connectivity index (χ2n) is 6.56. The highest BCUT2D eigenvalue weighted by molar-refractivity contribution is 5.78. The lowest BCUT2D eigenvalue weighted by atomic mass is 10.1. The van der Waals surface area contributed by atoms with Gasteiger partial charge in [-0.1, -0.05) is 29.4 Å². The largest absolute Gasteiger partial charge is 0.356 e. The van der Waals surface area contributed by atoms with Crippen molar-refractivity contribution in [3.63, 3.8) is 0 Å². The van der Waals surface area contributed by atoms with Gasteiger partial charge in [-0.25, -0.2) is 4.52 Å². The Morgan fingerprint density at radius 2 is 1.90 bits per heavy atom. The van der Waals surface area contributed by atoms with Crippen LogP contribution in [0.3, 0.4) is 0 Å². The Balaban J connectivity index is 1.72. The third-order valence-electron chi connectivity index (χ3n) is 4.11. The predicted molar refractivity (Wildman–Crippen MR) is 112 cm³/mol. The van der Waals surface area contributed by atoms with Crippen LogP contribution in [0.1, 0.15) is 19.4 Å². The Hall–Kier alpha value is -4.18. The summed E-state index contributed by atoms with van der Waals surface area (Å²) >= 11 is 0. The molecule has 0 radical (unpaired) electrons. The third kappa shape index (κ3) is 3.92. The molecule has 29 heavy (non-hydrogen) atoms. The summed E-state index contributed by atoms with van der Waals surface area (Å²) in [5.41, 5.74) is 4.41. The Morgan fingerprint density at radius 3 is 2.66 bits per heavy atom. The molecule has 0 bridgehead atoms. The van der Waals surface area contributed by atoms with Crippen LogP contribution >= 0.6 is 0 Å². The molecule has 0 aliphatic heterocycles. The lowest BCUT2D eigenvalue weighted by Gasteiger charge is -2.07. The van der Waals surface area contributed by atoms with E-state index in [0.29, 0.717) is 22.9 Å². The van der Waals surface area contributed by atoms with Gasteiger partial charge in [0.1, 0.15) is 6.07 Å². The lowest BCUT2D eigenvalue weighted by Crippen LogP contribution is -1.97. The molecule has 0 fully saturated rings. The van der Waals surface area contributed by atoms with Crippen LogP contribution in [0, 0.1) is 11.3 Å². The van der Waals surface area contributed by atoms with Crippen LogP contribution in [0.5, 0.6) is 5.75 Å². The van der Waals surface area contributed by atoms with Gasteiger partial charge in [0.2, 0.25) is 5.95 Å². The quantitative estimate of drug-likeness (QED) is 0.396. The molecule has 7 nitrogen and oxygen atoms in total. The van der Waals surface area contributed by atoms with Crippen molar-refractivity contribution in [1.29, 1.82) is 5.26 Å². The fourth-order valence-corrected chi connectivity index (χ4v) is 2.82. The van der Waals surface area contributed by atoms with Crippen molar-refractivity contribution >= 4 is 23.0 Å². The third-order valence-corrected chi connectivity index (χ3v) is 4.11. The van der Waals surface area contributed by atoms with E-state index in [9.17, 15) is 5.26 Å². The highest BCUT2D eigenvalue weighted by atomic mass is 16.6. The second-order valence-corrected chi connectivity index (χ2v) is 6.56. The van der Waals surface area contributed by atoms with Crippen LogP contribution in [0.15, 0.2) is 71.9 Å². The van der Waals surface area contributed by atoms with Crippen LogP contribution < -0.4 is 10.2 Å². The molecule has 142 valence electrons. The van der Waals surface area contributed by atoms with Crippen LogP contribution in [0.2, 0.25) is 0 Å². The molecule has 0 atom stereocenters. The van der Waals surface area contributed by atoms with E-state index >= 15 is 0 Å². The van der Waals surface area contributed by atoms with Crippen molar-refractivity contribution in [3.05, 3.63) is 72.3 Å². The molecule has 4 rings (SSSR count). The van der Waals surface area contributed by atoms with Crippen molar-refractivity contribution < 1.29 is 4.84 Å². The van der Waals surface area contributed by atoms with Gasteiger partial charge in [-0.05, 0) is 56.3 Å². The molecule has 2 heterocycles. The van der Waals surface area contributed by atoms with Crippen LogP contribution in [-0.4, -0.2) is 20.3 Å². The molecule has 0 aliphatic carbocycles. The van der Waals surface area contributed by atoms with Gasteiger partial charge in [0.05, 0.1) is 17.0 Å². The normalized spacial score (nSPS) is 10.4. The molecule has 1 N–H and O–H groups in total. The number of nitrogens with one attached hydrogen (secondary N) is 1. The summed E-state index contributed by atoms with van der Waals surface area (Å²) in [4.78, 5) is 9.90. The van der Waals surface area contributed by atoms with Gasteiger partial charge < -0.3 is 10.2 Å². The Labute approximate surface area is 167 Å². The van der Waals surface area contributed by atoms with E-state index in [1.807, 2.05) is 68.4 Å². The van der Waals surface area contributed by atoms with Crippen LogP contribution in [0.4, 0.5) is 11.6 Å². The first kappa shape index (κ1) is 18.2. The molecule has 0 amide bonds. The van der Waals surface area contributed by atoms with E-state index in [-0.39, 0.29) is 0 Å². The molecule has 2 aromatic carbocycles. The zero-order chi connectivity index (χ0) is 20.2. The smallest absolute Gasteiger partial charge is 0.247 e. The average Bonchev–Trinajstić information content (AvgIpc) is 3.15. The minimum absolute atomic E-state index is 0.396. The summed E-state index contributed by atoms with van der Waals surface area (Å²) in [5, 5.41) is 21.2. The Kier molecular flexibility index (Phi) is 4.91. The number of fused-ring (bicyclic) bond motifs is 1. The van der Waals surface area contributed by atoms with E-state index in [2.05, 4.69) is 26.6 Å². The number of para-hydroxylation sites is 1. The maximum atomic E-state index is 9.51. The molecule has 2 aromatic heterocycles. The number of pyridine rings is 1. The van der Waals surface area contributed by atoms with Crippen molar-refractivity contribution in [2.75, 3.05) is 5.32 Å². The summed E-state index contributed by atoms with van der Waals surface area (Å²) in [6, 6.07) is 23.0. The molecular formula is C22H18N6O.